The van der Waals surface area contributed by atoms with E-state index in [1.54, 1.807) is 6.33 Å². The topological polar surface area (TPSA) is 58.4 Å². The van der Waals surface area contributed by atoms with Crippen LogP contribution in [0.4, 0.5) is 5.82 Å². The van der Waals surface area contributed by atoms with Gasteiger partial charge in [0.15, 0.2) is 0 Å². The summed E-state index contributed by atoms with van der Waals surface area (Å²) in [7, 11) is 0. The summed E-state index contributed by atoms with van der Waals surface area (Å²) in [6.07, 6.45) is 3.82. The van der Waals surface area contributed by atoms with Crippen LogP contribution in [0.3, 0.4) is 0 Å². The van der Waals surface area contributed by atoms with Crippen LogP contribution in [-0.4, -0.2) is 44.8 Å². The fraction of sp³-hybridized carbons (Fsp3) is 0.643. The maximum atomic E-state index is 4.43. The van der Waals surface area contributed by atoms with Gasteiger partial charge in [-0.25, -0.2) is 4.98 Å². The van der Waals surface area contributed by atoms with E-state index >= 15 is 0 Å². The molecule has 0 radical (unpaired) electrons. The second kappa shape index (κ2) is 5.36. The van der Waals surface area contributed by atoms with Crippen LogP contribution in [0.1, 0.15) is 32.4 Å². The quantitative estimate of drug-likeness (QED) is 0.917. The summed E-state index contributed by atoms with van der Waals surface area (Å²) in [5.41, 5.74) is 0.988. The van der Waals surface area contributed by atoms with Gasteiger partial charge in [0, 0.05) is 36.9 Å². The predicted molar refractivity (Wildman–Crippen MR) is 79.0 cm³/mol. The first-order chi connectivity index (χ1) is 9.72. The van der Waals surface area contributed by atoms with E-state index in [4.69, 9.17) is 0 Å². The van der Waals surface area contributed by atoms with Gasteiger partial charge in [-0.15, -0.1) is 0 Å². The molecular formula is C14H22N6. The highest BCUT2D eigenvalue weighted by molar-refractivity contribution is 5.48. The van der Waals surface area contributed by atoms with Crippen molar-refractivity contribution in [3.05, 3.63) is 18.1 Å². The van der Waals surface area contributed by atoms with Crippen molar-refractivity contribution in [3.8, 4) is 0 Å². The lowest BCUT2D eigenvalue weighted by molar-refractivity contribution is 0.375. The van der Waals surface area contributed by atoms with Gasteiger partial charge in [-0.05, 0) is 19.8 Å². The SMILES string of the molecule is CCC1CN(c2cc(C)nc3ncnn23)C(CC)CN1. The molecule has 2 unspecified atom stereocenters. The molecule has 2 aromatic heterocycles. The highest BCUT2D eigenvalue weighted by Crippen LogP contribution is 2.22. The Bertz CT molecular complexity index is 592. The second-order valence-corrected chi connectivity index (χ2v) is 5.46. The van der Waals surface area contributed by atoms with E-state index in [1.807, 2.05) is 11.4 Å². The number of anilines is 1. The molecule has 0 aliphatic carbocycles. The normalized spacial score (nSPS) is 23.4. The largest absolute Gasteiger partial charge is 0.351 e. The molecule has 0 spiro atoms. The van der Waals surface area contributed by atoms with E-state index < -0.39 is 0 Å². The van der Waals surface area contributed by atoms with E-state index in [1.165, 1.54) is 0 Å². The van der Waals surface area contributed by atoms with Gasteiger partial charge < -0.3 is 10.2 Å². The van der Waals surface area contributed by atoms with Crippen molar-refractivity contribution in [2.24, 2.45) is 0 Å². The smallest absolute Gasteiger partial charge is 0.254 e. The number of hydrogen-bond acceptors (Lipinski definition) is 5. The van der Waals surface area contributed by atoms with Gasteiger partial charge in [0.05, 0.1) is 0 Å². The summed E-state index contributed by atoms with van der Waals surface area (Å²) < 4.78 is 1.85. The molecular weight excluding hydrogens is 252 g/mol. The van der Waals surface area contributed by atoms with Crippen LogP contribution in [0.5, 0.6) is 0 Å². The molecule has 2 atom stereocenters. The molecule has 0 bridgehead atoms. The summed E-state index contributed by atoms with van der Waals surface area (Å²) >= 11 is 0. The van der Waals surface area contributed by atoms with Gasteiger partial charge in [0.25, 0.3) is 5.78 Å². The summed E-state index contributed by atoms with van der Waals surface area (Å²) in [5, 5.41) is 7.96. The minimum atomic E-state index is 0.493. The molecule has 0 aromatic carbocycles. The summed E-state index contributed by atoms with van der Waals surface area (Å²) in [6.45, 7) is 8.50. The Morgan fingerprint density at radius 3 is 2.95 bits per heavy atom. The highest BCUT2D eigenvalue weighted by atomic mass is 15.4. The van der Waals surface area contributed by atoms with Crippen molar-refractivity contribution < 1.29 is 0 Å². The summed E-state index contributed by atoms with van der Waals surface area (Å²) in [4.78, 5) is 11.1. The highest BCUT2D eigenvalue weighted by Gasteiger charge is 2.28. The molecule has 0 amide bonds. The average molecular weight is 274 g/mol. The van der Waals surface area contributed by atoms with Gasteiger partial charge in [0.2, 0.25) is 0 Å². The minimum absolute atomic E-state index is 0.493. The number of rotatable bonds is 3. The van der Waals surface area contributed by atoms with Gasteiger partial charge >= 0.3 is 0 Å². The third-order valence-corrected chi connectivity index (χ3v) is 4.12. The van der Waals surface area contributed by atoms with Crippen LogP contribution in [0.2, 0.25) is 0 Å². The van der Waals surface area contributed by atoms with E-state index in [-0.39, 0.29) is 0 Å². The molecule has 1 fully saturated rings. The number of nitrogens with zero attached hydrogens (tertiary/aromatic N) is 5. The van der Waals surface area contributed by atoms with Gasteiger partial charge in [-0.3, -0.25) is 0 Å². The molecule has 3 rings (SSSR count). The Morgan fingerprint density at radius 2 is 2.20 bits per heavy atom. The van der Waals surface area contributed by atoms with Gasteiger partial charge in [-0.2, -0.15) is 14.6 Å². The molecule has 3 heterocycles. The Balaban J connectivity index is 2.04. The molecule has 1 saturated heterocycles. The first-order valence-electron chi connectivity index (χ1n) is 7.40. The number of aryl methyl sites for hydroxylation is 1. The first kappa shape index (κ1) is 13.3. The Labute approximate surface area is 119 Å². The second-order valence-electron chi connectivity index (χ2n) is 5.46. The van der Waals surface area contributed by atoms with Crippen LogP contribution in [-0.2, 0) is 0 Å². The molecule has 2 aromatic rings. The maximum Gasteiger partial charge on any atom is 0.254 e. The maximum absolute atomic E-state index is 4.43. The molecule has 1 N–H and O–H groups in total. The van der Waals surface area contributed by atoms with Gasteiger partial charge in [0.1, 0.15) is 12.1 Å². The van der Waals surface area contributed by atoms with Crippen molar-refractivity contribution in [2.75, 3.05) is 18.0 Å². The molecule has 6 heteroatoms. The van der Waals surface area contributed by atoms with E-state index in [0.29, 0.717) is 17.9 Å². The molecule has 6 nitrogen and oxygen atoms in total. The van der Waals surface area contributed by atoms with Crippen LogP contribution in [0, 0.1) is 6.92 Å². The van der Waals surface area contributed by atoms with E-state index in [2.05, 4.69) is 45.2 Å². The predicted octanol–water partition coefficient (Wildman–Crippen LogP) is 1.40. The Morgan fingerprint density at radius 1 is 1.35 bits per heavy atom. The molecule has 1 aliphatic rings. The van der Waals surface area contributed by atoms with Crippen LogP contribution in [0.25, 0.3) is 5.78 Å². The van der Waals surface area contributed by atoms with Crippen molar-refractivity contribution in [2.45, 2.75) is 45.7 Å². The molecule has 1 aliphatic heterocycles. The van der Waals surface area contributed by atoms with Crippen molar-refractivity contribution in [3.63, 3.8) is 0 Å². The lowest BCUT2D eigenvalue weighted by Gasteiger charge is -2.41. The minimum Gasteiger partial charge on any atom is -0.351 e. The zero-order valence-corrected chi connectivity index (χ0v) is 12.4. The molecule has 0 saturated carbocycles. The van der Waals surface area contributed by atoms with E-state index in [0.717, 1.165) is 37.4 Å². The third-order valence-electron chi connectivity index (χ3n) is 4.12. The Kier molecular flexibility index (Phi) is 3.56. The zero-order valence-electron chi connectivity index (χ0n) is 12.4. The monoisotopic (exact) mass is 274 g/mol. The lowest BCUT2D eigenvalue weighted by Crippen LogP contribution is -2.56. The number of aromatic nitrogens is 4. The van der Waals surface area contributed by atoms with Crippen molar-refractivity contribution in [1.82, 2.24) is 24.9 Å². The average Bonchev–Trinajstić information content (AvgIpc) is 2.93. The van der Waals surface area contributed by atoms with Crippen molar-refractivity contribution in [1.29, 1.82) is 0 Å². The zero-order chi connectivity index (χ0) is 14.1. The fourth-order valence-electron chi connectivity index (χ4n) is 2.90. The van der Waals surface area contributed by atoms with Crippen LogP contribution in [0.15, 0.2) is 12.4 Å². The molecule has 20 heavy (non-hydrogen) atoms. The van der Waals surface area contributed by atoms with Gasteiger partial charge in [-0.1, -0.05) is 13.8 Å². The fourth-order valence-corrected chi connectivity index (χ4v) is 2.90. The third kappa shape index (κ3) is 2.24. The van der Waals surface area contributed by atoms with Crippen LogP contribution >= 0.6 is 0 Å². The van der Waals surface area contributed by atoms with Crippen LogP contribution < -0.4 is 10.2 Å². The number of nitrogens with one attached hydrogen (secondary N) is 1. The Hall–Kier alpha value is -1.69. The number of hydrogen-bond donors (Lipinski definition) is 1. The summed E-state index contributed by atoms with van der Waals surface area (Å²) in [5.74, 6) is 1.79. The first-order valence-corrected chi connectivity index (χ1v) is 7.40. The number of fused-ring (bicyclic) bond motifs is 1. The summed E-state index contributed by atoms with van der Waals surface area (Å²) in [6, 6.07) is 3.14. The van der Waals surface area contributed by atoms with E-state index in [9.17, 15) is 0 Å². The van der Waals surface area contributed by atoms with Crippen molar-refractivity contribution >= 4 is 11.6 Å². The number of piperazine rings is 1. The standard InChI is InChI=1S/C14H22N6/c1-4-11-8-19(12(5-2)7-15-11)13-6-10(3)18-14-16-9-17-20(13)14/h6,9,11-12,15H,4-5,7-8H2,1-3H3. The lowest BCUT2D eigenvalue weighted by atomic mass is 10.1. The molecule has 108 valence electrons.